The molecule has 0 aliphatic carbocycles. The molecule has 2 aromatic rings. The van der Waals surface area contributed by atoms with Crippen LogP contribution in [0.25, 0.3) is 11.0 Å². The van der Waals surface area contributed by atoms with Gasteiger partial charge in [0.2, 0.25) is 5.43 Å². The van der Waals surface area contributed by atoms with Crippen molar-refractivity contribution in [3.05, 3.63) is 50.4 Å². The maximum Gasteiger partial charge on any atom is 0.305 e. The summed E-state index contributed by atoms with van der Waals surface area (Å²) in [5.74, 6) is -1.57. The Bertz CT molecular complexity index is 837. The summed E-state index contributed by atoms with van der Waals surface area (Å²) < 4.78 is 14.8. The number of nitrogens with zero attached hydrogens (tertiary/aromatic N) is 1. The highest BCUT2D eigenvalue weighted by atomic mass is 16.7. The van der Waals surface area contributed by atoms with Gasteiger partial charge in [-0.3, -0.25) is 24.5 Å². The Labute approximate surface area is 128 Å². The van der Waals surface area contributed by atoms with Gasteiger partial charge < -0.3 is 13.9 Å². The normalized spacial score (nSPS) is 10.6. The second-order valence-electron chi connectivity index (χ2n) is 4.51. The summed E-state index contributed by atoms with van der Waals surface area (Å²) in [5, 5.41) is 10.7. The molecule has 0 amide bonds. The van der Waals surface area contributed by atoms with Crippen LogP contribution in [0, 0.1) is 10.1 Å². The van der Waals surface area contributed by atoms with E-state index in [9.17, 15) is 24.5 Å². The summed E-state index contributed by atoms with van der Waals surface area (Å²) >= 11 is 0. The van der Waals surface area contributed by atoms with Crippen LogP contribution in [0.3, 0.4) is 0 Å². The van der Waals surface area contributed by atoms with Gasteiger partial charge >= 0.3 is 11.9 Å². The average molecular weight is 321 g/mol. The second-order valence-corrected chi connectivity index (χ2v) is 4.51. The number of rotatable bonds is 4. The molecule has 1 aromatic carbocycles. The molecule has 0 atom stereocenters. The van der Waals surface area contributed by atoms with E-state index in [1.807, 2.05) is 0 Å². The number of fused-ring (bicyclic) bond motifs is 1. The van der Waals surface area contributed by atoms with E-state index in [4.69, 9.17) is 13.9 Å². The molecule has 1 heterocycles. The van der Waals surface area contributed by atoms with E-state index in [1.165, 1.54) is 12.1 Å². The summed E-state index contributed by atoms with van der Waals surface area (Å²) in [4.78, 5) is 44.8. The maximum absolute atomic E-state index is 12.4. The summed E-state index contributed by atoms with van der Waals surface area (Å²) in [6.45, 7) is 2.15. The number of hydrogen-bond acceptors (Lipinski definition) is 8. The number of ether oxygens (including phenoxy) is 2. The zero-order chi connectivity index (χ0) is 17.1. The fraction of sp³-hybridized carbons (Fsp3) is 0.214. The first-order chi connectivity index (χ1) is 10.8. The second kappa shape index (κ2) is 6.26. The highest BCUT2D eigenvalue weighted by Gasteiger charge is 2.24. The highest BCUT2D eigenvalue weighted by molar-refractivity contribution is 5.79. The average Bonchev–Trinajstić information content (AvgIpc) is 2.45. The van der Waals surface area contributed by atoms with Crippen LogP contribution in [-0.4, -0.2) is 16.9 Å². The lowest BCUT2D eigenvalue weighted by Crippen LogP contribution is -2.21. The van der Waals surface area contributed by atoms with E-state index in [0.717, 1.165) is 26.2 Å². The number of esters is 2. The fourth-order valence-corrected chi connectivity index (χ4v) is 1.86. The third-order valence-electron chi connectivity index (χ3n) is 2.79. The van der Waals surface area contributed by atoms with Crippen LogP contribution < -0.4 is 5.43 Å². The van der Waals surface area contributed by atoms with Crippen molar-refractivity contribution in [3.8, 4) is 0 Å². The number of benzene rings is 1. The van der Waals surface area contributed by atoms with Crippen LogP contribution in [0.2, 0.25) is 0 Å². The van der Waals surface area contributed by atoms with E-state index < -0.39 is 28.6 Å². The summed E-state index contributed by atoms with van der Waals surface area (Å²) in [6.07, 6.45) is -0.613. The molecular weight excluding hydrogens is 310 g/mol. The minimum absolute atomic E-state index is 0.0963. The van der Waals surface area contributed by atoms with Crippen molar-refractivity contribution >= 4 is 28.6 Å². The van der Waals surface area contributed by atoms with Gasteiger partial charge in [0.05, 0.1) is 10.3 Å². The Morgan fingerprint density at radius 3 is 2.35 bits per heavy atom. The van der Waals surface area contributed by atoms with Crippen LogP contribution in [0.15, 0.2) is 33.7 Å². The van der Waals surface area contributed by atoms with Gasteiger partial charge in [-0.15, -0.1) is 0 Å². The molecule has 9 nitrogen and oxygen atoms in total. The Balaban J connectivity index is 2.60. The minimum Gasteiger partial charge on any atom is -0.463 e. The molecule has 0 spiro atoms. The molecule has 0 bridgehead atoms. The molecule has 9 heteroatoms. The Morgan fingerprint density at radius 2 is 1.83 bits per heavy atom. The van der Waals surface area contributed by atoms with E-state index in [0.29, 0.717) is 0 Å². The lowest BCUT2D eigenvalue weighted by atomic mass is 10.1. The quantitative estimate of drug-likeness (QED) is 0.361. The van der Waals surface area contributed by atoms with Crippen molar-refractivity contribution < 1.29 is 28.4 Å². The summed E-state index contributed by atoms with van der Waals surface area (Å²) in [5.41, 5.74) is -1.17. The molecule has 0 aliphatic rings. The summed E-state index contributed by atoms with van der Waals surface area (Å²) in [6, 6.07) is 3.48. The first-order valence-electron chi connectivity index (χ1n) is 6.34. The molecule has 2 rings (SSSR count). The number of carbonyl (C=O) groups is 2. The maximum atomic E-state index is 12.4. The van der Waals surface area contributed by atoms with E-state index in [2.05, 4.69) is 0 Å². The fourth-order valence-electron chi connectivity index (χ4n) is 1.86. The largest absolute Gasteiger partial charge is 0.463 e. The third-order valence-corrected chi connectivity index (χ3v) is 2.79. The van der Waals surface area contributed by atoms with Crippen molar-refractivity contribution in [3.63, 3.8) is 0 Å². The van der Waals surface area contributed by atoms with Crippen LogP contribution in [0.4, 0.5) is 5.69 Å². The molecule has 0 aliphatic heterocycles. The minimum atomic E-state index is -1.59. The van der Waals surface area contributed by atoms with Crippen LogP contribution in [-0.2, 0) is 19.1 Å². The van der Waals surface area contributed by atoms with Crippen molar-refractivity contribution in [2.45, 2.75) is 20.1 Å². The molecule has 0 saturated carbocycles. The number of carbonyl (C=O) groups excluding carboxylic acids is 2. The standard InChI is InChI=1S/C14H11NO8/c1-7(16)22-14(23-8(2)17)11-6-21-12-4-3-9(15(19)20)5-10(12)13(11)18/h3-6,14H,1-2H3. The Hall–Kier alpha value is -3.23. The molecule has 0 fully saturated rings. The van der Waals surface area contributed by atoms with Gasteiger partial charge in [-0.25, -0.2) is 0 Å². The first-order valence-corrected chi connectivity index (χ1v) is 6.34. The Kier molecular flexibility index (Phi) is 4.39. The van der Waals surface area contributed by atoms with Gasteiger partial charge in [0.1, 0.15) is 17.4 Å². The molecule has 0 saturated heterocycles. The zero-order valence-corrected chi connectivity index (χ0v) is 12.1. The van der Waals surface area contributed by atoms with Gasteiger partial charge in [-0.1, -0.05) is 0 Å². The van der Waals surface area contributed by atoms with Crippen molar-refractivity contribution in [1.29, 1.82) is 0 Å². The molecular formula is C14H11NO8. The SMILES string of the molecule is CC(=O)OC(OC(C)=O)c1coc2ccc([N+](=O)[O-])cc2c1=O. The third kappa shape index (κ3) is 3.51. The number of nitro benzene ring substituents is 1. The predicted molar refractivity (Wildman–Crippen MR) is 75.4 cm³/mol. The molecule has 23 heavy (non-hydrogen) atoms. The number of hydrogen-bond donors (Lipinski definition) is 0. The molecule has 0 radical (unpaired) electrons. The molecule has 1 aromatic heterocycles. The van der Waals surface area contributed by atoms with Gasteiger partial charge in [0.15, 0.2) is 0 Å². The molecule has 0 N–H and O–H groups in total. The van der Waals surface area contributed by atoms with Gasteiger partial charge in [0, 0.05) is 26.0 Å². The van der Waals surface area contributed by atoms with E-state index in [-0.39, 0.29) is 22.2 Å². The Morgan fingerprint density at radius 1 is 1.22 bits per heavy atom. The van der Waals surface area contributed by atoms with Crippen LogP contribution in [0.5, 0.6) is 0 Å². The summed E-state index contributed by atoms with van der Waals surface area (Å²) in [7, 11) is 0. The highest BCUT2D eigenvalue weighted by Crippen LogP contribution is 2.23. The van der Waals surface area contributed by atoms with E-state index >= 15 is 0 Å². The van der Waals surface area contributed by atoms with Crippen molar-refractivity contribution in [2.24, 2.45) is 0 Å². The van der Waals surface area contributed by atoms with Gasteiger partial charge in [-0.2, -0.15) is 0 Å². The van der Waals surface area contributed by atoms with Crippen molar-refractivity contribution in [2.75, 3.05) is 0 Å². The zero-order valence-electron chi connectivity index (χ0n) is 12.1. The molecule has 0 unspecified atom stereocenters. The number of non-ortho nitro benzene ring substituents is 1. The van der Waals surface area contributed by atoms with Gasteiger partial charge in [0.25, 0.3) is 12.0 Å². The van der Waals surface area contributed by atoms with Gasteiger partial charge in [-0.05, 0) is 6.07 Å². The lowest BCUT2D eigenvalue weighted by molar-refractivity contribution is -0.384. The lowest BCUT2D eigenvalue weighted by Gasteiger charge is -2.15. The predicted octanol–water partition coefficient (Wildman–Crippen LogP) is 1.83. The van der Waals surface area contributed by atoms with Crippen LogP contribution >= 0.6 is 0 Å². The van der Waals surface area contributed by atoms with E-state index in [1.54, 1.807) is 0 Å². The number of nitro groups is 1. The topological polar surface area (TPSA) is 126 Å². The van der Waals surface area contributed by atoms with Crippen LogP contribution in [0.1, 0.15) is 25.7 Å². The molecule has 120 valence electrons. The monoisotopic (exact) mass is 321 g/mol. The van der Waals surface area contributed by atoms with Crippen molar-refractivity contribution in [1.82, 2.24) is 0 Å². The first kappa shape index (κ1) is 16.1. The smallest absolute Gasteiger partial charge is 0.305 e.